The van der Waals surface area contributed by atoms with Crippen LogP contribution in [-0.4, -0.2) is 21.7 Å². The molecule has 6 heteroatoms. The lowest BCUT2D eigenvalue weighted by molar-refractivity contribution is 0.284. The molecule has 1 aliphatic carbocycles. The molecule has 2 aromatic rings. The van der Waals surface area contributed by atoms with Gasteiger partial charge in [-0.25, -0.2) is 9.37 Å². The molecule has 1 aliphatic rings. The number of rotatable bonds is 3. The Morgan fingerprint density at radius 2 is 2.19 bits per heavy atom. The highest BCUT2D eigenvalue weighted by atomic mass is 19.1. The van der Waals surface area contributed by atoms with Crippen LogP contribution in [-0.2, 0) is 6.42 Å². The first-order valence-corrected chi connectivity index (χ1v) is 6.56. The molecule has 1 aromatic heterocycles. The fourth-order valence-electron chi connectivity index (χ4n) is 2.68. The normalized spacial score (nSPS) is 14.7. The Labute approximate surface area is 120 Å². The van der Waals surface area contributed by atoms with Gasteiger partial charge in [-0.2, -0.15) is 0 Å². The zero-order valence-corrected chi connectivity index (χ0v) is 11.1. The Morgan fingerprint density at radius 3 is 2.90 bits per heavy atom. The molecule has 0 saturated heterocycles. The summed E-state index contributed by atoms with van der Waals surface area (Å²) in [4.78, 5) is 18.4. The topological polar surface area (TPSA) is 92.0 Å². The van der Waals surface area contributed by atoms with Crippen LogP contribution in [0.4, 0.5) is 10.3 Å². The molecule has 0 aliphatic heterocycles. The lowest BCUT2D eigenvalue weighted by Gasteiger charge is -2.17. The molecular weight excluding hydrogens is 273 g/mol. The van der Waals surface area contributed by atoms with Gasteiger partial charge in [0.15, 0.2) is 0 Å². The summed E-state index contributed by atoms with van der Waals surface area (Å²) >= 11 is 0. The van der Waals surface area contributed by atoms with Gasteiger partial charge in [-0.05, 0) is 23.6 Å². The third-order valence-electron chi connectivity index (χ3n) is 3.67. The predicted octanol–water partition coefficient (Wildman–Crippen LogP) is 1.21. The van der Waals surface area contributed by atoms with E-state index < -0.39 is 11.7 Å². The Kier molecular flexibility index (Phi) is 3.31. The van der Waals surface area contributed by atoms with Crippen LogP contribution in [0.2, 0.25) is 0 Å². The lowest BCUT2D eigenvalue weighted by atomic mass is 9.90. The number of benzene rings is 1. The first-order chi connectivity index (χ1) is 10.1. The Bertz CT molecular complexity index is 783. The molecule has 1 atom stereocenters. The Morgan fingerprint density at radius 1 is 1.43 bits per heavy atom. The quantitative estimate of drug-likeness (QED) is 0.791. The molecular formula is C15H14FN3O2. The highest BCUT2D eigenvalue weighted by Crippen LogP contribution is 2.36. The minimum atomic E-state index is -0.568. The average molecular weight is 287 g/mol. The smallest absolute Gasteiger partial charge is 0.256 e. The molecule has 21 heavy (non-hydrogen) atoms. The van der Waals surface area contributed by atoms with Crippen LogP contribution in [0.3, 0.4) is 0 Å². The maximum atomic E-state index is 14.0. The second-order valence-corrected chi connectivity index (χ2v) is 4.90. The number of allylic oxidation sites excluding steroid dienone is 1. The number of aromatic amines is 1. The number of anilines is 1. The fourth-order valence-corrected chi connectivity index (χ4v) is 2.68. The number of aliphatic hydroxyl groups excluding tert-OH is 1. The summed E-state index contributed by atoms with van der Waals surface area (Å²) < 4.78 is 14.0. The number of nitrogens with two attached hydrogens (primary N) is 1. The van der Waals surface area contributed by atoms with E-state index in [9.17, 15) is 14.3 Å². The molecule has 0 spiro atoms. The van der Waals surface area contributed by atoms with Crippen LogP contribution in [0, 0.1) is 5.82 Å². The second kappa shape index (κ2) is 5.14. The van der Waals surface area contributed by atoms with Gasteiger partial charge >= 0.3 is 0 Å². The van der Waals surface area contributed by atoms with Gasteiger partial charge in [-0.3, -0.25) is 9.78 Å². The number of hydrogen-bond acceptors (Lipinski definition) is 4. The zero-order chi connectivity index (χ0) is 15.0. The molecule has 0 unspecified atom stereocenters. The summed E-state index contributed by atoms with van der Waals surface area (Å²) in [5.74, 6) is -0.957. The van der Waals surface area contributed by atoms with Crippen LogP contribution >= 0.6 is 0 Å². The van der Waals surface area contributed by atoms with Gasteiger partial charge in [0, 0.05) is 11.5 Å². The molecule has 0 amide bonds. The number of nitrogens with zero attached hydrogens (tertiary/aromatic N) is 1. The first-order valence-electron chi connectivity index (χ1n) is 6.56. The number of nitrogens with one attached hydrogen (secondary N) is 1. The fraction of sp³-hybridized carbons (Fsp3) is 0.200. The summed E-state index contributed by atoms with van der Waals surface area (Å²) in [5, 5.41) is 9.68. The van der Waals surface area contributed by atoms with Crippen LogP contribution in [0.15, 0.2) is 35.1 Å². The highest BCUT2D eigenvalue weighted by Gasteiger charge is 2.28. The highest BCUT2D eigenvalue weighted by molar-refractivity contribution is 5.75. The summed E-state index contributed by atoms with van der Waals surface area (Å²) in [6.07, 6.45) is 2.19. The lowest BCUT2D eigenvalue weighted by Crippen LogP contribution is -2.18. The molecule has 108 valence electrons. The van der Waals surface area contributed by atoms with E-state index in [2.05, 4.69) is 9.97 Å². The Balaban J connectivity index is 2.11. The molecule has 0 fully saturated rings. The van der Waals surface area contributed by atoms with E-state index in [4.69, 9.17) is 5.73 Å². The van der Waals surface area contributed by atoms with E-state index in [1.807, 2.05) is 0 Å². The molecule has 3 rings (SSSR count). The number of H-pyrrole nitrogens is 1. The van der Waals surface area contributed by atoms with Gasteiger partial charge in [0.05, 0.1) is 12.3 Å². The Hall–Kier alpha value is -2.47. The molecule has 0 radical (unpaired) electrons. The molecule has 1 aromatic carbocycles. The SMILES string of the molecule is Nc1nc2c(c(=O)[nH]1)CC=C2[C@@H](CO)c1ccccc1F. The van der Waals surface area contributed by atoms with Crippen molar-refractivity contribution in [2.45, 2.75) is 12.3 Å². The summed E-state index contributed by atoms with van der Waals surface area (Å²) in [5.41, 5.74) is 7.22. The third-order valence-corrected chi connectivity index (χ3v) is 3.67. The predicted molar refractivity (Wildman–Crippen MR) is 77.2 cm³/mol. The maximum absolute atomic E-state index is 14.0. The molecule has 4 N–H and O–H groups in total. The largest absolute Gasteiger partial charge is 0.395 e. The van der Waals surface area contributed by atoms with Gasteiger partial charge in [0.25, 0.3) is 5.56 Å². The standard InChI is InChI=1S/C15H14FN3O2/c16-12-4-2-1-3-8(12)11(7-20)9-5-6-10-13(9)18-15(17)19-14(10)21/h1-5,11,20H,6-7H2,(H3,17,18,19,21)/t11-/m0/s1. The van der Waals surface area contributed by atoms with Gasteiger partial charge < -0.3 is 10.8 Å². The minimum Gasteiger partial charge on any atom is -0.395 e. The number of halogens is 1. The van der Waals surface area contributed by atoms with Crippen LogP contribution in [0.5, 0.6) is 0 Å². The minimum absolute atomic E-state index is 0.0109. The van der Waals surface area contributed by atoms with Crippen LogP contribution < -0.4 is 11.3 Å². The number of fused-ring (bicyclic) bond motifs is 1. The number of hydrogen-bond donors (Lipinski definition) is 3. The van der Waals surface area contributed by atoms with Crippen LogP contribution in [0.1, 0.15) is 22.7 Å². The van der Waals surface area contributed by atoms with Gasteiger partial charge in [-0.15, -0.1) is 0 Å². The van der Waals surface area contributed by atoms with Crippen molar-refractivity contribution in [3.63, 3.8) is 0 Å². The summed E-state index contributed by atoms with van der Waals surface area (Å²) in [7, 11) is 0. The number of aromatic nitrogens is 2. The van der Waals surface area contributed by atoms with E-state index in [0.717, 1.165) is 0 Å². The van der Waals surface area contributed by atoms with E-state index >= 15 is 0 Å². The monoisotopic (exact) mass is 287 g/mol. The van der Waals surface area contributed by atoms with Gasteiger partial charge in [0.2, 0.25) is 5.95 Å². The first kappa shape index (κ1) is 13.5. The summed E-state index contributed by atoms with van der Waals surface area (Å²) in [6, 6.07) is 6.25. The van der Waals surface area contributed by atoms with Crippen molar-refractivity contribution in [3.8, 4) is 0 Å². The van der Waals surface area contributed by atoms with Crippen molar-refractivity contribution >= 4 is 11.5 Å². The number of aliphatic hydroxyl groups is 1. The van der Waals surface area contributed by atoms with Crippen LogP contribution in [0.25, 0.3) is 5.57 Å². The molecule has 0 saturated carbocycles. The van der Waals surface area contributed by atoms with Crippen molar-refractivity contribution < 1.29 is 9.50 Å². The van der Waals surface area contributed by atoms with E-state index in [1.54, 1.807) is 24.3 Å². The van der Waals surface area contributed by atoms with Crippen molar-refractivity contribution in [2.24, 2.45) is 0 Å². The van der Waals surface area contributed by atoms with Gasteiger partial charge in [-0.1, -0.05) is 24.3 Å². The average Bonchev–Trinajstić information content (AvgIpc) is 2.86. The van der Waals surface area contributed by atoms with E-state index in [1.165, 1.54) is 6.07 Å². The molecule has 1 heterocycles. The summed E-state index contributed by atoms with van der Waals surface area (Å²) in [6.45, 7) is -0.277. The maximum Gasteiger partial charge on any atom is 0.256 e. The number of nitrogen functional groups attached to an aromatic ring is 1. The van der Waals surface area contributed by atoms with E-state index in [-0.39, 0.29) is 18.1 Å². The van der Waals surface area contributed by atoms with E-state index in [0.29, 0.717) is 28.8 Å². The molecule has 5 nitrogen and oxygen atoms in total. The van der Waals surface area contributed by atoms with Crippen molar-refractivity contribution in [1.82, 2.24) is 9.97 Å². The van der Waals surface area contributed by atoms with Crippen molar-refractivity contribution in [3.05, 3.63) is 63.3 Å². The van der Waals surface area contributed by atoms with Crippen molar-refractivity contribution in [2.75, 3.05) is 12.3 Å². The van der Waals surface area contributed by atoms with Gasteiger partial charge in [0.1, 0.15) is 5.82 Å². The van der Waals surface area contributed by atoms with Crippen molar-refractivity contribution in [1.29, 1.82) is 0 Å². The third kappa shape index (κ3) is 2.23. The molecule has 0 bridgehead atoms. The zero-order valence-electron chi connectivity index (χ0n) is 11.1. The second-order valence-electron chi connectivity index (χ2n) is 4.90.